The van der Waals surface area contributed by atoms with E-state index < -0.39 is 0 Å². The van der Waals surface area contributed by atoms with Crippen molar-refractivity contribution >= 4 is 11.6 Å². The summed E-state index contributed by atoms with van der Waals surface area (Å²) >= 11 is 6.06. The van der Waals surface area contributed by atoms with Gasteiger partial charge in [0.05, 0.1) is 0 Å². The van der Waals surface area contributed by atoms with Crippen LogP contribution >= 0.6 is 11.6 Å². The molecule has 100 valence electrons. The van der Waals surface area contributed by atoms with Gasteiger partial charge in [0.15, 0.2) is 0 Å². The first-order valence-electron chi connectivity index (χ1n) is 6.83. The summed E-state index contributed by atoms with van der Waals surface area (Å²) in [4.78, 5) is 2.45. The quantitative estimate of drug-likeness (QED) is 0.899. The van der Waals surface area contributed by atoms with Crippen molar-refractivity contribution in [3.63, 3.8) is 0 Å². The van der Waals surface area contributed by atoms with Crippen LogP contribution in [0.5, 0.6) is 0 Å². The molecule has 0 saturated carbocycles. The molecule has 1 heterocycles. The monoisotopic (exact) mass is 266 g/mol. The van der Waals surface area contributed by atoms with Gasteiger partial charge >= 0.3 is 0 Å². The van der Waals surface area contributed by atoms with Crippen molar-refractivity contribution in [1.82, 2.24) is 10.2 Å². The highest BCUT2D eigenvalue weighted by Crippen LogP contribution is 2.24. The number of benzene rings is 1. The molecule has 1 aromatic rings. The second kappa shape index (κ2) is 6.55. The maximum absolute atomic E-state index is 6.06. The number of hydrogen-bond acceptors (Lipinski definition) is 2. The highest BCUT2D eigenvalue weighted by Gasteiger charge is 2.18. The zero-order chi connectivity index (χ0) is 13.0. The SMILES string of the molecule is CC(c1cccc(Cl)c1)N(C)CC1CCNCC1. The third kappa shape index (κ3) is 3.71. The summed E-state index contributed by atoms with van der Waals surface area (Å²) < 4.78 is 0. The molecule has 1 unspecified atom stereocenters. The van der Waals surface area contributed by atoms with Crippen LogP contribution in [0.2, 0.25) is 5.02 Å². The molecule has 1 N–H and O–H groups in total. The molecule has 18 heavy (non-hydrogen) atoms. The van der Waals surface area contributed by atoms with Crippen molar-refractivity contribution in [2.75, 3.05) is 26.7 Å². The van der Waals surface area contributed by atoms with E-state index in [0.29, 0.717) is 6.04 Å². The Bertz CT molecular complexity index is 375. The van der Waals surface area contributed by atoms with Crippen molar-refractivity contribution in [1.29, 1.82) is 0 Å². The predicted molar refractivity (Wildman–Crippen MR) is 78.1 cm³/mol. The first-order chi connectivity index (χ1) is 8.66. The fourth-order valence-electron chi connectivity index (χ4n) is 2.65. The average molecular weight is 267 g/mol. The highest BCUT2D eigenvalue weighted by atomic mass is 35.5. The van der Waals surface area contributed by atoms with Crippen LogP contribution in [0, 0.1) is 5.92 Å². The molecule has 1 aliphatic rings. The van der Waals surface area contributed by atoms with Gasteiger partial charge in [0.25, 0.3) is 0 Å². The summed E-state index contributed by atoms with van der Waals surface area (Å²) in [5.74, 6) is 0.831. The van der Waals surface area contributed by atoms with Crippen LogP contribution in [0.15, 0.2) is 24.3 Å². The summed E-state index contributed by atoms with van der Waals surface area (Å²) in [5.41, 5.74) is 1.30. The van der Waals surface area contributed by atoms with E-state index in [0.717, 1.165) is 10.9 Å². The topological polar surface area (TPSA) is 15.3 Å². The predicted octanol–water partition coefficient (Wildman–Crippen LogP) is 3.33. The number of nitrogens with zero attached hydrogens (tertiary/aromatic N) is 1. The molecule has 2 rings (SSSR count). The fourth-order valence-corrected chi connectivity index (χ4v) is 2.85. The van der Waals surface area contributed by atoms with Gasteiger partial charge in [-0.05, 0) is 63.5 Å². The van der Waals surface area contributed by atoms with Gasteiger partial charge in [-0.15, -0.1) is 0 Å². The standard InChI is InChI=1S/C15H23ClN2/c1-12(14-4-3-5-15(16)10-14)18(2)11-13-6-8-17-9-7-13/h3-5,10,12-13,17H,6-9,11H2,1-2H3. The van der Waals surface area contributed by atoms with E-state index in [9.17, 15) is 0 Å². The summed E-state index contributed by atoms with van der Waals surface area (Å²) in [6, 6.07) is 8.64. The van der Waals surface area contributed by atoms with Crippen LogP contribution in [0.3, 0.4) is 0 Å². The lowest BCUT2D eigenvalue weighted by atomic mass is 9.96. The van der Waals surface area contributed by atoms with Crippen LogP contribution in [0.1, 0.15) is 31.4 Å². The molecule has 0 radical (unpaired) electrons. The molecule has 1 aromatic carbocycles. The molecule has 0 bridgehead atoms. The molecule has 1 aliphatic heterocycles. The maximum Gasteiger partial charge on any atom is 0.0409 e. The Hall–Kier alpha value is -0.570. The Morgan fingerprint density at radius 1 is 1.39 bits per heavy atom. The van der Waals surface area contributed by atoms with E-state index in [-0.39, 0.29) is 0 Å². The molecule has 0 aromatic heterocycles. The second-order valence-electron chi connectivity index (χ2n) is 5.36. The van der Waals surface area contributed by atoms with E-state index >= 15 is 0 Å². The number of rotatable bonds is 4. The van der Waals surface area contributed by atoms with Gasteiger partial charge in [-0.1, -0.05) is 23.7 Å². The van der Waals surface area contributed by atoms with Crippen LogP contribution < -0.4 is 5.32 Å². The highest BCUT2D eigenvalue weighted by molar-refractivity contribution is 6.30. The van der Waals surface area contributed by atoms with Crippen molar-refractivity contribution < 1.29 is 0 Å². The van der Waals surface area contributed by atoms with E-state index in [1.807, 2.05) is 12.1 Å². The van der Waals surface area contributed by atoms with Crippen molar-refractivity contribution in [2.45, 2.75) is 25.8 Å². The Kier molecular flexibility index (Phi) is 5.04. The van der Waals surface area contributed by atoms with E-state index in [1.54, 1.807) is 0 Å². The molecular weight excluding hydrogens is 244 g/mol. The summed E-state index contributed by atoms with van der Waals surface area (Å²) in [7, 11) is 2.22. The minimum Gasteiger partial charge on any atom is -0.317 e. The van der Waals surface area contributed by atoms with Crippen molar-refractivity contribution in [3.8, 4) is 0 Å². The third-order valence-electron chi connectivity index (χ3n) is 4.00. The number of halogens is 1. The van der Waals surface area contributed by atoms with Crippen LogP contribution in [-0.2, 0) is 0 Å². The lowest BCUT2D eigenvalue weighted by molar-refractivity contribution is 0.197. The lowest BCUT2D eigenvalue weighted by Gasteiger charge is -2.31. The Labute approximate surface area is 115 Å². The first-order valence-corrected chi connectivity index (χ1v) is 7.21. The third-order valence-corrected chi connectivity index (χ3v) is 4.23. The van der Waals surface area contributed by atoms with Gasteiger partial charge in [-0.2, -0.15) is 0 Å². The van der Waals surface area contributed by atoms with Crippen LogP contribution in [-0.4, -0.2) is 31.6 Å². The molecule has 0 spiro atoms. The molecule has 0 amide bonds. The van der Waals surface area contributed by atoms with E-state index in [1.165, 1.54) is 38.0 Å². The molecule has 3 heteroatoms. The Morgan fingerprint density at radius 3 is 2.78 bits per heavy atom. The van der Waals surface area contributed by atoms with Gasteiger partial charge in [-0.25, -0.2) is 0 Å². The van der Waals surface area contributed by atoms with Gasteiger partial charge in [-0.3, -0.25) is 4.90 Å². The van der Waals surface area contributed by atoms with Gasteiger partial charge in [0.2, 0.25) is 0 Å². The number of nitrogens with one attached hydrogen (secondary N) is 1. The largest absolute Gasteiger partial charge is 0.317 e. The summed E-state index contributed by atoms with van der Waals surface area (Å²) in [6.07, 6.45) is 2.60. The van der Waals surface area contributed by atoms with E-state index in [4.69, 9.17) is 11.6 Å². The Balaban J connectivity index is 1.93. The molecule has 1 saturated heterocycles. The fraction of sp³-hybridized carbons (Fsp3) is 0.600. The number of hydrogen-bond donors (Lipinski definition) is 1. The number of piperidine rings is 1. The minimum atomic E-state index is 0.429. The summed E-state index contributed by atoms with van der Waals surface area (Å²) in [5, 5.41) is 4.25. The van der Waals surface area contributed by atoms with E-state index in [2.05, 4.69) is 36.3 Å². The molecule has 1 fully saturated rings. The van der Waals surface area contributed by atoms with Crippen LogP contribution in [0.25, 0.3) is 0 Å². The lowest BCUT2D eigenvalue weighted by Crippen LogP contribution is -2.35. The molecule has 1 atom stereocenters. The minimum absolute atomic E-state index is 0.429. The van der Waals surface area contributed by atoms with Crippen molar-refractivity contribution in [2.24, 2.45) is 5.92 Å². The smallest absolute Gasteiger partial charge is 0.0409 e. The second-order valence-corrected chi connectivity index (χ2v) is 5.80. The summed E-state index contributed by atoms with van der Waals surface area (Å²) in [6.45, 7) is 5.77. The van der Waals surface area contributed by atoms with Gasteiger partial charge in [0.1, 0.15) is 0 Å². The average Bonchev–Trinajstić information content (AvgIpc) is 2.39. The van der Waals surface area contributed by atoms with Crippen molar-refractivity contribution in [3.05, 3.63) is 34.9 Å². The first kappa shape index (κ1) is 13.9. The molecule has 0 aliphatic carbocycles. The van der Waals surface area contributed by atoms with Gasteiger partial charge in [0, 0.05) is 17.6 Å². The Morgan fingerprint density at radius 2 is 2.11 bits per heavy atom. The van der Waals surface area contributed by atoms with Crippen LogP contribution in [0.4, 0.5) is 0 Å². The molecular formula is C15H23ClN2. The normalized spacial score (nSPS) is 19.1. The zero-order valence-corrected chi connectivity index (χ0v) is 12.1. The molecule has 2 nitrogen and oxygen atoms in total. The zero-order valence-electron chi connectivity index (χ0n) is 11.3. The maximum atomic E-state index is 6.06. The van der Waals surface area contributed by atoms with Gasteiger partial charge < -0.3 is 5.32 Å².